The van der Waals surface area contributed by atoms with Crippen LogP contribution in [0.5, 0.6) is 11.5 Å². The number of phenols is 1. The molecule has 118 valence electrons. The van der Waals surface area contributed by atoms with E-state index in [0.717, 1.165) is 18.2 Å². The number of benzene rings is 2. The van der Waals surface area contributed by atoms with Crippen molar-refractivity contribution in [3.63, 3.8) is 0 Å². The molecule has 0 fully saturated rings. The van der Waals surface area contributed by atoms with E-state index in [-0.39, 0.29) is 5.56 Å². The Morgan fingerprint density at radius 1 is 1.05 bits per heavy atom. The van der Waals surface area contributed by atoms with Crippen molar-refractivity contribution in [2.24, 2.45) is 5.73 Å². The van der Waals surface area contributed by atoms with Gasteiger partial charge < -0.3 is 21.3 Å². The Morgan fingerprint density at radius 3 is 2.18 bits per heavy atom. The van der Waals surface area contributed by atoms with Crippen LogP contribution in [0.25, 0.3) is 0 Å². The standard InChI is InChI=1S/C14H12F4N2O2/c15-10-6-5-9(13(21)12(10)20)11(19)7-1-3-8(4-2-7)22-14(16,17)18/h1-6,11,21H,19-20H2/t11-/m1/s1. The molecular formula is C14H12F4N2O2. The molecule has 1 atom stereocenters. The van der Waals surface area contributed by atoms with Crippen LogP contribution in [-0.4, -0.2) is 11.5 Å². The topological polar surface area (TPSA) is 81.5 Å². The first-order valence-corrected chi connectivity index (χ1v) is 6.07. The number of nitrogens with two attached hydrogens (primary N) is 2. The summed E-state index contributed by atoms with van der Waals surface area (Å²) < 4.78 is 53.1. The maximum absolute atomic E-state index is 13.2. The van der Waals surface area contributed by atoms with E-state index in [4.69, 9.17) is 11.5 Å². The molecule has 2 aromatic carbocycles. The fourth-order valence-electron chi connectivity index (χ4n) is 1.91. The molecule has 0 radical (unpaired) electrons. The first-order valence-electron chi connectivity index (χ1n) is 6.07. The second kappa shape index (κ2) is 5.72. The maximum Gasteiger partial charge on any atom is 0.573 e. The summed E-state index contributed by atoms with van der Waals surface area (Å²) in [5, 5.41) is 9.80. The van der Waals surface area contributed by atoms with E-state index in [9.17, 15) is 22.7 Å². The average molecular weight is 316 g/mol. The number of aromatic hydroxyl groups is 1. The molecule has 0 unspecified atom stereocenters. The third kappa shape index (κ3) is 3.40. The van der Waals surface area contributed by atoms with Gasteiger partial charge in [-0.3, -0.25) is 0 Å². The molecule has 0 spiro atoms. The van der Waals surface area contributed by atoms with Crippen LogP contribution in [0, 0.1) is 5.82 Å². The van der Waals surface area contributed by atoms with Crippen molar-refractivity contribution in [1.29, 1.82) is 0 Å². The molecule has 0 aliphatic heterocycles. The molecule has 0 aliphatic rings. The molecule has 0 amide bonds. The van der Waals surface area contributed by atoms with Gasteiger partial charge in [-0.05, 0) is 23.8 Å². The predicted molar refractivity (Wildman–Crippen MR) is 71.6 cm³/mol. The lowest BCUT2D eigenvalue weighted by atomic mass is 9.98. The molecule has 2 aromatic rings. The van der Waals surface area contributed by atoms with Crippen LogP contribution in [0.1, 0.15) is 17.2 Å². The highest BCUT2D eigenvalue weighted by molar-refractivity contribution is 5.59. The number of rotatable bonds is 3. The summed E-state index contributed by atoms with van der Waals surface area (Å²) in [6, 6.07) is 6.22. The summed E-state index contributed by atoms with van der Waals surface area (Å²) in [7, 11) is 0. The minimum absolute atomic E-state index is 0.156. The summed E-state index contributed by atoms with van der Waals surface area (Å²) in [6.45, 7) is 0. The lowest BCUT2D eigenvalue weighted by molar-refractivity contribution is -0.274. The molecule has 4 nitrogen and oxygen atoms in total. The summed E-state index contributed by atoms with van der Waals surface area (Å²) in [4.78, 5) is 0. The summed E-state index contributed by atoms with van der Waals surface area (Å²) in [6.07, 6.45) is -4.78. The van der Waals surface area contributed by atoms with Crippen molar-refractivity contribution in [1.82, 2.24) is 0 Å². The van der Waals surface area contributed by atoms with Crippen molar-refractivity contribution in [2.45, 2.75) is 12.4 Å². The number of nitrogen functional groups attached to an aromatic ring is 1. The first-order chi connectivity index (χ1) is 10.2. The average Bonchev–Trinajstić information content (AvgIpc) is 2.43. The number of ether oxygens (including phenoxy) is 1. The Morgan fingerprint density at radius 2 is 1.64 bits per heavy atom. The zero-order valence-electron chi connectivity index (χ0n) is 11.1. The number of alkyl halides is 3. The molecule has 0 aliphatic carbocycles. The van der Waals surface area contributed by atoms with E-state index in [0.29, 0.717) is 5.56 Å². The molecule has 0 aromatic heterocycles. The molecule has 0 heterocycles. The van der Waals surface area contributed by atoms with Gasteiger partial charge in [0.1, 0.15) is 23.0 Å². The van der Waals surface area contributed by atoms with Crippen LogP contribution in [0.2, 0.25) is 0 Å². The Bertz CT molecular complexity index is 672. The lowest BCUT2D eigenvalue weighted by Crippen LogP contribution is -2.17. The highest BCUT2D eigenvalue weighted by Gasteiger charge is 2.31. The van der Waals surface area contributed by atoms with Gasteiger partial charge in [0.05, 0.1) is 6.04 Å². The lowest BCUT2D eigenvalue weighted by Gasteiger charge is -2.16. The largest absolute Gasteiger partial charge is 0.573 e. The van der Waals surface area contributed by atoms with Crippen LogP contribution >= 0.6 is 0 Å². The molecule has 0 saturated heterocycles. The van der Waals surface area contributed by atoms with Gasteiger partial charge in [0, 0.05) is 5.56 Å². The third-order valence-electron chi connectivity index (χ3n) is 3.00. The van der Waals surface area contributed by atoms with Gasteiger partial charge in [0.25, 0.3) is 0 Å². The summed E-state index contributed by atoms with van der Waals surface area (Å²) in [5.41, 5.74) is 11.4. The van der Waals surface area contributed by atoms with Gasteiger partial charge >= 0.3 is 6.36 Å². The number of hydrogen-bond donors (Lipinski definition) is 3. The van der Waals surface area contributed by atoms with Crippen LogP contribution in [0.4, 0.5) is 23.2 Å². The van der Waals surface area contributed by atoms with E-state index in [1.165, 1.54) is 18.2 Å². The normalized spacial score (nSPS) is 13.0. The minimum Gasteiger partial charge on any atom is -0.505 e. The predicted octanol–water partition coefficient (Wildman–Crippen LogP) is 3.06. The maximum atomic E-state index is 13.2. The highest BCUT2D eigenvalue weighted by Crippen LogP contribution is 2.34. The highest BCUT2D eigenvalue weighted by atomic mass is 19.4. The van der Waals surface area contributed by atoms with Crippen LogP contribution in [-0.2, 0) is 0 Å². The fourth-order valence-corrected chi connectivity index (χ4v) is 1.91. The van der Waals surface area contributed by atoms with E-state index >= 15 is 0 Å². The van der Waals surface area contributed by atoms with Crippen molar-refractivity contribution in [3.05, 3.63) is 53.3 Å². The van der Waals surface area contributed by atoms with Gasteiger partial charge in [-0.1, -0.05) is 18.2 Å². The molecule has 0 bridgehead atoms. The third-order valence-corrected chi connectivity index (χ3v) is 3.00. The molecule has 0 saturated carbocycles. The monoisotopic (exact) mass is 316 g/mol. The van der Waals surface area contributed by atoms with Gasteiger partial charge in [0.2, 0.25) is 0 Å². The Kier molecular flexibility index (Phi) is 4.14. The smallest absolute Gasteiger partial charge is 0.505 e. The van der Waals surface area contributed by atoms with E-state index in [2.05, 4.69) is 4.74 Å². The number of anilines is 1. The minimum atomic E-state index is -4.78. The molecular weight excluding hydrogens is 304 g/mol. The Balaban J connectivity index is 2.27. The molecule has 8 heteroatoms. The molecule has 2 rings (SSSR count). The van der Waals surface area contributed by atoms with Crippen LogP contribution in [0.3, 0.4) is 0 Å². The number of phenolic OH excluding ortho intramolecular Hbond substituents is 1. The van der Waals surface area contributed by atoms with Gasteiger partial charge in [0.15, 0.2) is 0 Å². The Labute approximate surface area is 122 Å². The van der Waals surface area contributed by atoms with Crippen molar-refractivity contribution in [2.75, 3.05) is 5.73 Å². The summed E-state index contributed by atoms with van der Waals surface area (Å²) >= 11 is 0. The molecule has 22 heavy (non-hydrogen) atoms. The van der Waals surface area contributed by atoms with Crippen LogP contribution in [0.15, 0.2) is 36.4 Å². The second-order valence-corrected chi connectivity index (χ2v) is 4.49. The van der Waals surface area contributed by atoms with Gasteiger partial charge in [-0.25, -0.2) is 4.39 Å². The van der Waals surface area contributed by atoms with E-state index < -0.39 is 35.4 Å². The Hall–Kier alpha value is -2.48. The zero-order valence-corrected chi connectivity index (χ0v) is 11.1. The summed E-state index contributed by atoms with van der Waals surface area (Å²) in [5.74, 6) is -1.68. The van der Waals surface area contributed by atoms with Crippen molar-refractivity contribution >= 4 is 5.69 Å². The number of halogens is 4. The van der Waals surface area contributed by atoms with E-state index in [1.807, 2.05) is 0 Å². The van der Waals surface area contributed by atoms with Gasteiger partial charge in [-0.2, -0.15) is 0 Å². The van der Waals surface area contributed by atoms with Crippen LogP contribution < -0.4 is 16.2 Å². The second-order valence-electron chi connectivity index (χ2n) is 4.49. The number of hydrogen-bond acceptors (Lipinski definition) is 4. The van der Waals surface area contributed by atoms with Crippen molar-refractivity contribution < 1.29 is 27.4 Å². The SMILES string of the molecule is Nc1c(F)ccc([C@H](N)c2ccc(OC(F)(F)F)cc2)c1O. The van der Waals surface area contributed by atoms with E-state index in [1.54, 1.807) is 0 Å². The fraction of sp³-hybridized carbons (Fsp3) is 0.143. The first kappa shape index (κ1) is 15.9. The van der Waals surface area contributed by atoms with Crippen molar-refractivity contribution in [3.8, 4) is 11.5 Å². The quantitative estimate of drug-likeness (QED) is 0.462. The zero-order chi connectivity index (χ0) is 16.5. The van der Waals surface area contributed by atoms with Gasteiger partial charge in [-0.15, -0.1) is 13.2 Å². The molecule has 5 N–H and O–H groups in total.